The van der Waals surface area contributed by atoms with Gasteiger partial charge in [-0.25, -0.2) is 9.97 Å². The van der Waals surface area contributed by atoms with Gasteiger partial charge in [0.25, 0.3) is 0 Å². The third kappa shape index (κ3) is 6.34. The average molecular weight is 753 g/mol. The van der Waals surface area contributed by atoms with Crippen LogP contribution in [-0.2, 0) is 0 Å². The predicted molar refractivity (Wildman–Crippen MR) is 244 cm³/mol. The molecule has 0 saturated heterocycles. The van der Waals surface area contributed by atoms with Gasteiger partial charge in [-0.15, -0.1) is 0 Å². The molecule has 276 valence electrons. The summed E-state index contributed by atoms with van der Waals surface area (Å²) in [5.41, 5.74) is 18.3. The molecule has 4 nitrogen and oxygen atoms in total. The summed E-state index contributed by atoms with van der Waals surface area (Å²) in [5, 5.41) is 1.20. The van der Waals surface area contributed by atoms with Gasteiger partial charge in [0.15, 0.2) is 5.82 Å². The maximum atomic E-state index is 5.23. The standard InChI is InChI=1S/C55H36N4/c1-3-13-37(14-4-1)39-25-29-41(30-26-39)49-35-50(58-55(57-49)42-31-27-40(28-32-42)38-15-5-2-6-16-38)45-19-11-17-43(33-45)44-18-12-20-46(34-44)54-47-21-7-9-23-51(47)59-52-24-10-8-22-48(52)56-36-53(54)59/h1-36H. The first-order chi connectivity index (χ1) is 29.2. The maximum Gasteiger partial charge on any atom is 0.160 e. The zero-order valence-electron chi connectivity index (χ0n) is 32.1. The van der Waals surface area contributed by atoms with E-state index in [1.165, 1.54) is 33.2 Å². The van der Waals surface area contributed by atoms with E-state index < -0.39 is 0 Å². The highest BCUT2D eigenvalue weighted by atomic mass is 14.9. The number of benzene rings is 8. The van der Waals surface area contributed by atoms with Crippen LogP contribution in [0.15, 0.2) is 219 Å². The first-order valence-corrected chi connectivity index (χ1v) is 19.9. The summed E-state index contributed by atoms with van der Waals surface area (Å²) in [6.45, 7) is 0. The lowest BCUT2D eigenvalue weighted by Gasteiger charge is -2.12. The molecule has 11 rings (SSSR count). The molecular weight excluding hydrogens is 717 g/mol. The van der Waals surface area contributed by atoms with Crippen LogP contribution in [-0.4, -0.2) is 19.4 Å². The molecule has 0 radical (unpaired) electrons. The van der Waals surface area contributed by atoms with Gasteiger partial charge in [0, 0.05) is 27.6 Å². The van der Waals surface area contributed by atoms with Crippen LogP contribution in [0, 0.1) is 0 Å². The van der Waals surface area contributed by atoms with Crippen LogP contribution in [0.4, 0.5) is 0 Å². The number of hydrogen-bond acceptors (Lipinski definition) is 3. The summed E-state index contributed by atoms with van der Waals surface area (Å²) in [5.74, 6) is 0.685. The number of nitrogens with zero attached hydrogens (tertiary/aromatic N) is 4. The molecule has 3 heterocycles. The van der Waals surface area contributed by atoms with Crippen LogP contribution in [0.3, 0.4) is 0 Å². The number of fused-ring (bicyclic) bond motifs is 5. The summed E-state index contributed by atoms with van der Waals surface area (Å²) in [4.78, 5) is 15.3. The molecule has 0 aliphatic heterocycles. The quantitative estimate of drug-likeness (QED) is 0.163. The van der Waals surface area contributed by atoms with E-state index in [1.54, 1.807) is 0 Å². The minimum absolute atomic E-state index is 0.685. The number of rotatable bonds is 7. The highest BCUT2D eigenvalue weighted by Crippen LogP contribution is 2.39. The Balaban J connectivity index is 1.01. The summed E-state index contributed by atoms with van der Waals surface area (Å²) in [7, 11) is 0. The fraction of sp³-hybridized carbons (Fsp3) is 0. The Morgan fingerprint density at radius 1 is 0.305 bits per heavy atom. The van der Waals surface area contributed by atoms with Crippen molar-refractivity contribution in [3.8, 4) is 78.4 Å². The molecule has 0 amide bonds. The Kier molecular flexibility index (Phi) is 8.45. The molecule has 11 aromatic rings. The van der Waals surface area contributed by atoms with Gasteiger partial charge >= 0.3 is 0 Å². The van der Waals surface area contributed by atoms with Crippen molar-refractivity contribution in [2.45, 2.75) is 0 Å². The highest BCUT2D eigenvalue weighted by molar-refractivity contribution is 6.08. The van der Waals surface area contributed by atoms with E-state index in [-0.39, 0.29) is 0 Å². The van der Waals surface area contributed by atoms with Crippen molar-refractivity contribution in [1.82, 2.24) is 19.4 Å². The molecule has 8 aromatic carbocycles. The molecule has 0 spiro atoms. The zero-order valence-corrected chi connectivity index (χ0v) is 32.1. The van der Waals surface area contributed by atoms with Gasteiger partial charge in [-0.2, -0.15) is 0 Å². The normalized spacial score (nSPS) is 11.4. The lowest BCUT2D eigenvalue weighted by Crippen LogP contribution is -1.96. The molecule has 0 saturated carbocycles. The van der Waals surface area contributed by atoms with E-state index in [2.05, 4.69) is 199 Å². The summed E-state index contributed by atoms with van der Waals surface area (Å²) >= 11 is 0. The number of aromatic nitrogens is 4. The Hall–Kier alpha value is -7.95. The average Bonchev–Trinajstić information content (AvgIpc) is 3.67. The van der Waals surface area contributed by atoms with Crippen molar-refractivity contribution in [2.75, 3.05) is 0 Å². The minimum Gasteiger partial charge on any atom is -0.306 e. The fourth-order valence-corrected chi connectivity index (χ4v) is 8.33. The smallest absolute Gasteiger partial charge is 0.160 e. The molecule has 0 N–H and O–H groups in total. The fourth-order valence-electron chi connectivity index (χ4n) is 8.33. The van der Waals surface area contributed by atoms with Crippen molar-refractivity contribution in [3.05, 3.63) is 219 Å². The summed E-state index contributed by atoms with van der Waals surface area (Å²) in [6.07, 6.45) is 2.01. The molecule has 4 heteroatoms. The van der Waals surface area contributed by atoms with E-state index >= 15 is 0 Å². The van der Waals surface area contributed by atoms with Gasteiger partial charge in [0.2, 0.25) is 0 Å². The monoisotopic (exact) mass is 752 g/mol. The third-order valence-electron chi connectivity index (χ3n) is 11.3. The zero-order chi connectivity index (χ0) is 39.1. The van der Waals surface area contributed by atoms with Crippen molar-refractivity contribution >= 4 is 27.5 Å². The molecular formula is C55H36N4. The summed E-state index contributed by atoms with van der Waals surface area (Å²) in [6, 6.07) is 74.8. The molecule has 0 aliphatic rings. The van der Waals surface area contributed by atoms with Gasteiger partial charge in [-0.1, -0.05) is 176 Å². The van der Waals surface area contributed by atoms with Crippen molar-refractivity contribution in [3.63, 3.8) is 0 Å². The van der Waals surface area contributed by atoms with Crippen LogP contribution >= 0.6 is 0 Å². The first-order valence-electron chi connectivity index (χ1n) is 19.9. The van der Waals surface area contributed by atoms with Gasteiger partial charge in [0.1, 0.15) is 0 Å². The second-order valence-electron chi connectivity index (χ2n) is 14.9. The van der Waals surface area contributed by atoms with E-state index in [0.29, 0.717) is 5.82 Å². The highest BCUT2D eigenvalue weighted by Gasteiger charge is 2.17. The lowest BCUT2D eigenvalue weighted by atomic mass is 9.96. The van der Waals surface area contributed by atoms with Crippen LogP contribution in [0.1, 0.15) is 0 Å². The van der Waals surface area contributed by atoms with Crippen LogP contribution in [0.25, 0.3) is 106 Å². The van der Waals surface area contributed by atoms with Gasteiger partial charge in [-0.05, 0) is 75.3 Å². The molecule has 0 bridgehead atoms. The van der Waals surface area contributed by atoms with E-state index in [1.807, 2.05) is 24.4 Å². The molecule has 0 unspecified atom stereocenters. The van der Waals surface area contributed by atoms with Crippen LogP contribution < -0.4 is 0 Å². The molecule has 59 heavy (non-hydrogen) atoms. The second kappa shape index (κ2) is 14.5. The van der Waals surface area contributed by atoms with Crippen molar-refractivity contribution in [1.29, 1.82) is 0 Å². The third-order valence-corrected chi connectivity index (χ3v) is 11.3. The SMILES string of the molecule is c1ccc(-c2ccc(-c3cc(-c4cccc(-c5cccc(-c6c7ccccc7n7c6cnc6ccccc67)c5)c4)nc(-c4ccc(-c5ccccc5)cc4)n3)cc2)cc1. The second-order valence-corrected chi connectivity index (χ2v) is 14.9. The molecule has 0 atom stereocenters. The first kappa shape index (κ1) is 34.3. The van der Waals surface area contributed by atoms with Crippen molar-refractivity contribution in [2.24, 2.45) is 0 Å². The van der Waals surface area contributed by atoms with Gasteiger partial charge < -0.3 is 4.40 Å². The Morgan fingerprint density at radius 3 is 1.46 bits per heavy atom. The number of para-hydroxylation sites is 3. The number of hydrogen-bond donors (Lipinski definition) is 0. The molecule has 0 fully saturated rings. The summed E-state index contributed by atoms with van der Waals surface area (Å²) < 4.78 is 2.34. The van der Waals surface area contributed by atoms with Gasteiger partial charge in [-0.3, -0.25) is 4.98 Å². The van der Waals surface area contributed by atoms with E-state index in [4.69, 9.17) is 15.0 Å². The molecule has 3 aromatic heterocycles. The van der Waals surface area contributed by atoms with E-state index in [9.17, 15) is 0 Å². The van der Waals surface area contributed by atoms with Crippen LogP contribution in [0.2, 0.25) is 0 Å². The lowest BCUT2D eigenvalue weighted by molar-refractivity contribution is 1.18. The Bertz CT molecular complexity index is 3190. The maximum absolute atomic E-state index is 5.23. The van der Waals surface area contributed by atoms with Gasteiger partial charge in [0.05, 0.1) is 39.7 Å². The minimum atomic E-state index is 0.685. The predicted octanol–water partition coefficient (Wildman–Crippen LogP) is 14.1. The topological polar surface area (TPSA) is 43.1 Å². The van der Waals surface area contributed by atoms with Crippen molar-refractivity contribution < 1.29 is 0 Å². The van der Waals surface area contributed by atoms with Crippen LogP contribution in [0.5, 0.6) is 0 Å². The Labute approximate surface area is 342 Å². The van der Waals surface area contributed by atoms with E-state index in [0.717, 1.165) is 66.9 Å². The molecule has 0 aliphatic carbocycles. The Morgan fingerprint density at radius 2 is 0.780 bits per heavy atom. The largest absolute Gasteiger partial charge is 0.306 e.